The molecule has 1 saturated carbocycles. The number of sulfone groups is 1. The first kappa shape index (κ1) is 25.6. The van der Waals surface area contributed by atoms with E-state index in [9.17, 15) is 22.8 Å². The van der Waals surface area contributed by atoms with Crippen LogP contribution >= 0.6 is 0 Å². The molecule has 1 aromatic carbocycles. The van der Waals surface area contributed by atoms with Gasteiger partial charge in [0.15, 0.2) is 15.5 Å². The molecule has 1 fully saturated rings. The largest absolute Gasteiger partial charge is 0.347 e. The summed E-state index contributed by atoms with van der Waals surface area (Å²) >= 11 is 0. The van der Waals surface area contributed by atoms with E-state index >= 15 is 0 Å². The Morgan fingerprint density at radius 1 is 1.28 bits per heavy atom. The Hall–Kier alpha value is -3.52. The quantitative estimate of drug-likeness (QED) is 0.503. The SMILES string of the molecule is Cn1nc(C(=O)NCc2ccc(C#N)cc2)c2c1C(=O)N(CC1(S(=O)(=O)C(C)(C)CC=O)CC1)CC2. The zero-order chi connectivity index (χ0) is 26.3. The number of rotatable bonds is 9. The van der Waals surface area contributed by atoms with Crippen molar-refractivity contribution in [1.82, 2.24) is 20.0 Å². The maximum atomic E-state index is 13.4. The number of aryl methyl sites for hydroxylation is 1. The molecule has 1 aliphatic carbocycles. The number of nitriles is 1. The molecule has 0 spiro atoms. The van der Waals surface area contributed by atoms with Crippen molar-refractivity contribution in [2.45, 2.75) is 55.6 Å². The van der Waals surface area contributed by atoms with E-state index in [-0.39, 0.29) is 43.4 Å². The van der Waals surface area contributed by atoms with Crippen LogP contribution in [0.25, 0.3) is 0 Å². The van der Waals surface area contributed by atoms with E-state index in [1.807, 2.05) is 6.07 Å². The highest BCUT2D eigenvalue weighted by atomic mass is 32.2. The van der Waals surface area contributed by atoms with E-state index in [4.69, 9.17) is 5.26 Å². The molecule has 0 unspecified atom stereocenters. The molecule has 2 heterocycles. The van der Waals surface area contributed by atoms with Gasteiger partial charge in [-0.15, -0.1) is 0 Å². The predicted molar refractivity (Wildman–Crippen MR) is 131 cm³/mol. The Morgan fingerprint density at radius 3 is 2.53 bits per heavy atom. The van der Waals surface area contributed by atoms with Gasteiger partial charge in [-0.05, 0) is 50.8 Å². The van der Waals surface area contributed by atoms with Crippen LogP contribution < -0.4 is 5.32 Å². The molecule has 2 aromatic rings. The number of hydrogen-bond acceptors (Lipinski definition) is 7. The lowest BCUT2D eigenvalue weighted by Crippen LogP contribution is -2.50. The standard InChI is InChI=1S/C25H29N5O5S/c1-24(2,11-13-31)36(34,35)25(9-10-25)16-30-12-8-19-20(28-29(3)21(19)23(30)33)22(32)27-15-18-6-4-17(14-26)5-7-18/h4-7,13H,8-12,15-16H2,1-3H3,(H,27,32). The number of nitrogens with zero attached hydrogens (tertiary/aromatic N) is 4. The smallest absolute Gasteiger partial charge is 0.272 e. The van der Waals surface area contributed by atoms with Crippen LogP contribution in [0.1, 0.15) is 70.8 Å². The van der Waals surface area contributed by atoms with E-state index in [0.29, 0.717) is 36.7 Å². The fourth-order valence-electron chi connectivity index (χ4n) is 4.76. The van der Waals surface area contributed by atoms with E-state index in [2.05, 4.69) is 10.4 Å². The average molecular weight is 512 g/mol. The third kappa shape index (κ3) is 4.30. The van der Waals surface area contributed by atoms with Crippen LogP contribution in [0, 0.1) is 11.3 Å². The summed E-state index contributed by atoms with van der Waals surface area (Å²) in [5.41, 5.74) is 2.35. The molecule has 36 heavy (non-hydrogen) atoms. The number of carbonyl (C=O) groups is 3. The number of fused-ring (bicyclic) bond motifs is 1. The van der Waals surface area contributed by atoms with Crippen LogP contribution in [0.2, 0.25) is 0 Å². The van der Waals surface area contributed by atoms with Crippen LogP contribution in [0.4, 0.5) is 0 Å². The Morgan fingerprint density at radius 2 is 1.94 bits per heavy atom. The van der Waals surface area contributed by atoms with Crippen molar-refractivity contribution in [3.63, 3.8) is 0 Å². The number of benzene rings is 1. The molecule has 0 saturated heterocycles. The van der Waals surface area contributed by atoms with Crippen molar-refractivity contribution in [3.8, 4) is 6.07 Å². The van der Waals surface area contributed by atoms with E-state index in [0.717, 1.165) is 5.56 Å². The van der Waals surface area contributed by atoms with E-state index in [1.54, 1.807) is 45.2 Å². The fraction of sp³-hybridized carbons (Fsp3) is 0.480. The maximum absolute atomic E-state index is 13.4. The molecule has 4 rings (SSSR count). The van der Waals surface area contributed by atoms with Gasteiger partial charge in [0.25, 0.3) is 11.8 Å². The van der Waals surface area contributed by atoms with Crippen molar-refractivity contribution < 1.29 is 22.8 Å². The van der Waals surface area contributed by atoms with Crippen molar-refractivity contribution in [3.05, 3.63) is 52.3 Å². The highest BCUT2D eigenvalue weighted by molar-refractivity contribution is 7.94. The minimum atomic E-state index is -3.68. The third-order valence-electron chi connectivity index (χ3n) is 7.18. The summed E-state index contributed by atoms with van der Waals surface area (Å²) in [5, 5.41) is 16.0. The van der Waals surface area contributed by atoms with Crippen LogP contribution in [0.5, 0.6) is 0 Å². The highest BCUT2D eigenvalue weighted by Crippen LogP contribution is 2.49. The van der Waals surface area contributed by atoms with Gasteiger partial charge >= 0.3 is 0 Å². The lowest BCUT2D eigenvalue weighted by molar-refractivity contribution is -0.108. The Bertz CT molecular complexity index is 1360. The lowest BCUT2D eigenvalue weighted by atomic mass is 10.0. The van der Waals surface area contributed by atoms with Gasteiger partial charge in [-0.1, -0.05) is 12.1 Å². The molecule has 1 aliphatic heterocycles. The molecule has 0 atom stereocenters. The Balaban J connectivity index is 1.50. The first-order valence-corrected chi connectivity index (χ1v) is 13.2. The maximum Gasteiger partial charge on any atom is 0.272 e. The second-order valence-electron chi connectivity index (χ2n) is 10.1. The minimum absolute atomic E-state index is 0.0568. The van der Waals surface area contributed by atoms with Crippen molar-refractivity contribution >= 4 is 27.9 Å². The average Bonchev–Trinajstić information content (AvgIpc) is 3.56. The van der Waals surface area contributed by atoms with Crippen LogP contribution in [-0.2, 0) is 34.6 Å². The Labute approximate surface area is 210 Å². The van der Waals surface area contributed by atoms with Gasteiger partial charge in [0.05, 0.1) is 21.1 Å². The summed E-state index contributed by atoms with van der Waals surface area (Å²) in [6.07, 6.45) is 1.79. The molecule has 0 bridgehead atoms. The molecule has 10 nitrogen and oxygen atoms in total. The van der Waals surface area contributed by atoms with Gasteiger partial charge in [-0.25, -0.2) is 8.42 Å². The Kier molecular flexibility index (Phi) is 6.51. The molecule has 0 radical (unpaired) electrons. The van der Waals surface area contributed by atoms with Gasteiger partial charge in [0, 0.05) is 38.7 Å². The zero-order valence-electron chi connectivity index (χ0n) is 20.6. The fourth-order valence-corrected chi connectivity index (χ4v) is 7.19. The summed E-state index contributed by atoms with van der Waals surface area (Å²) in [5.74, 6) is -0.763. The van der Waals surface area contributed by atoms with Crippen molar-refractivity contribution in [2.75, 3.05) is 13.1 Å². The van der Waals surface area contributed by atoms with Gasteiger partial charge in [0.1, 0.15) is 12.0 Å². The molecular weight excluding hydrogens is 482 g/mol. The predicted octanol–water partition coefficient (Wildman–Crippen LogP) is 1.54. The first-order chi connectivity index (χ1) is 17.0. The van der Waals surface area contributed by atoms with Gasteiger partial charge in [0.2, 0.25) is 0 Å². The number of amides is 2. The van der Waals surface area contributed by atoms with Crippen LogP contribution in [0.3, 0.4) is 0 Å². The molecular formula is C25H29N5O5S. The second-order valence-corrected chi connectivity index (χ2v) is 13.1. The monoisotopic (exact) mass is 511 g/mol. The number of aromatic nitrogens is 2. The molecule has 11 heteroatoms. The van der Waals surface area contributed by atoms with Crippen LogP contribution in [0.15, 0.2) is 24.3 Å². The topological polar surface area (TPSA) is 142 Å². The summed E-state index contributed by atoms with van der Waals surface area (Å²) in [4.78, 5) is 38.9. The second kappa shape index (κ2) is 9.17. The number of aldehydes is 1. The number of hydrogen-bond donors (Lipinski definition) is 1. The van der Waals surface area contributed by atoms with Crippen molar-refractivity contribution in [1.29, 1.82) is 5.26 Å². The molecule has 1 N–H and O–H groups in total. The first-order valence-electron chi connectivity index (χ1n) is 11.8. The molecule has 2 amide bonds. The van der Waals surface area contributed by atoms with Gasteiger partial charge in [-0.2, -0.15) is 10.4 Å². The summed E-state index contributed by atoms with van der Waals surface area (Å²) in [6.45, 7) is 3.68. The zero-order valence-corrected chi connectivity index (χ0v) is 21.4. The highest BCUT2D eigenvalue weighted by Gasteiger charge is 2.60. The summed E-state index contributed by atoms with van der Waals surface area (Å²) in [6, 6.07) is 8.90. The third-order valence-corrected chi connectivity index (χ3v) is 10.5. The summed E-state index contributed by atoms with van der Waals surface area (Å²) in [7, 11) is -2.08. The number of carbonyl (C=O) groups excluding carboxylic acids is 3. The van der Waals surface area contributed by atoms with Crippen molar-refractivity contribution in [2.24, 2.45) is 7.05 Å². The van der Waals surface area contributed by atoms with Gasteiger partial charge in [-0.3, -0.25) is 14.3 Å². The summed E-state index contributed by atoms with van der Waals surface area (Å²) < 4.78 is 25.8. The number of nitrogens with one attached hydrogen (secondary N) is 1. The molecule has 190 valence electrons. The minimum Gasteiger partial charge on any atom is -0.347 e. The van der Waals surface area contributed by atoms with Gasteiger partial charge < -0.3 is 15.0 Å². The molecule has 2 aliphatic rings. The lowest BCUT2D eigenvalue weighted by Gasteiger charge is -2.34. The normalized spacial score (nSPS) is 16.7. The molecule has 1 aromatic heterocycles. The van der Waals surface area contributed by atoms with E-state index < -0.39 is 25.2 Å². The van der Waals surface area contributed by atoms with Crippen LogP contribution in [-0.4, -0.2) is 63.8 Å². The van der Waals surface area contributed by atoms with E-state index in [1.165, 1.54) is 9.58 Å².